The van der Waals surface area contributed by atoms with Gasteiger partial charge in [0.2, 0.25) is 0 Å². The molecule has 0 N–H and O–H groups in total. The van der Waals surface area contributed by atoms with Crippen molar-refractivity contribution in [2.45, 2.75) is 51.6 Å². The van der Waals surface area contributed by atoms with E-state index in [1.807, 2.05) is 13.0 Å². The molecule has 2 atom stereocenters. The van der Waals surface area contributed by atoms with Gasteiger partial charge in [0.05, 0.1) is 0 Å². The first kappa shape index (κ1) is 13.9. The highest BCUT2D eigenvalue weighted by Crippen LogP contribution is 2.31. The van der Waals surface area contributed by atoms with Crippen molar-refractivity contribution in [2.75, 3.05) is 24.5 Å². The fourth-order valence-corrected chi connectivity index (χ4v) is 3.80. The molecule has 0 aliphatic carbocycles. The average Bonchev–Trinajstić information content (AvgIpc) is 2.48. The SMILES string of the molecule is CCC1CN2CCCCC2CN1c1cccc(F)c1C. The highest BCUT2D eigenvalue weighted by molar-refractivity contribution is 5.55. The van der Waals surface area contributed by atoms with Gasteiger partial charge in [-0.05, 0) is 44.9 Å². The highest BCUT2D eigenvalue weighted by atomic mass is 19.1. The first-order valence-electron chi connectivity index (χ1n) is 7.96. The molecule has 0 radical (unpaired) electrons. The Hall–Kier alpha value is -1.09. The van der Waals surface area contributed by atoms with Crippen molar-refractivity contribution in [1.82, 2.24) is 4.90 Å². The number of rotatable bonds is 2. The molecule has 2 nitrogen and oxygen atoms in total. The molecule has 0 saturated carbocycles. The van der Waals surface area contributed by atoms with Crippen molar-refractivity contribution < 1.29 is 4.39 Å². The largest absolute Gasteiger partial charge is 0.365 e. The molecule has 0 spiro atoms. The molecule has 2 unspecified atom stereocenters. The van der Waals surface area contributed by atoms with E-state index in [-0.39, 0.29) is 5.82 Å². The summed E-state index contributed by atoms with van der Waals surface area (Å²) in [5.74, 6) is -0.0802. The average molecular weight is 276 g/mol. The predicted octanol–water partition coefficient (Wildman–Crippen LogP) is 3.59. The maximum Gasteiger partial charge on any atom is 0.128 e. The lowest BCUT2D eigenvalue weighted by Gasteiger charge is -2.49. The van der Waals surface area contributed by atoms with Crippen LogP contribution in [0.25, 0.3) is 0 Å². The lowest BCUT2D eigenvalue weighted by Crippen LogP contribution is -2.59. The molecule has 0 aromatic heterocycles. The predicted molar refractivity (Wildman–Crippen MR) is 81.8 cm³/mol. The van der Waals surface area contributed by atoms with Crippen LogP contribution < -0.4 is 4.90 Å². The van der Waals surface area contributed by atoms with E-state index in [1.54, 1.807) is 6.07 Å². The van der Waals surface area contributed by atoms with Crippen molar-refractivity contribution in [2.24, 2.45) is 0 Å². The van der Waals surface area contributed by atoms with Crippen molar-refractivity contribution in [3.63, 3.8) is 0 Å². The Labute approximate surface area is 121 Å². The number of fused-ring (bicyclic) bond motifs is 1. The van der Waals surface area contributed by atoms with E-state index in [0.29, 0.717) is 12.1 Å². The molecule has 20 heavy (non-hydrogen) atoms. The van der Waals surface area contributed by atoms with E-state index in [2.05, 4.69) is 22.8 Å². The molecular formula is C17H25FN2. The summed E-state index contributed by atoms with van der Waals surface area (Å²) in [5.41, 5.74) is 1.90. The van der Waals surface area contributed by atoms with Gasteiger partial charge in [-0.25, -0.2) is 4.39 Å². The van der Waals surface area contributed by atoms with Crippen LogP contribution in [0.3, 0.4) is 0 Å². The smallest absolute Gasteiger partial charge is 0.128 e. The summed E-state index contributed by atoms with van der Waals surface area (Å²) in [6, 6.07) is 6.67. The third kappa shape index (κ3) is 2.44. The van der Waals surface area contributed by atoms with Gasteiger partial charge in [0.1, 0.15) is 5.82 Å². The van der Waals surface area contributed by atoms with Gasteiger partial charge in [-0.3, -0.25) is 4.90 Å². The third-order valence-electron chi connectivity index (χ3n) is 5.06. The van der Waals surface area contributed by atoms with Gasteiger partial charge < -0.3 is 4.90 Å². The fourth-order valence-electron chi connectivity index (χ4n) is 3.80. The highest BCUT2D eigenvalue weighted by Gasteiger charge is 2.34. The number of nitrogens with zero attached hydrogens (tertiary/aromatic N) is 2. The maximum atomic E-state index is 13.9. The Morgan fingerprint density at radius 3 is 2.90 bits per heavy atom. The zero-order chi connectivity index (χ0) is 14.1. The Kier molecular flexibility index (Phi) is 3.97. The van der Waals surface area contributed by atoms with Crippen LogP contribution in [0, 0.1) is 12.7 Å². The normalized spacial score (nSPS) is 27.4. The van der Waals surface area contributed by atoms with Crippen LogP contribution in [0.4, 0.5) is 10.1 Å². The second-order valence-corrected chi connectivity index (χ2v) is 6.24. The van der Waals surface area contributed by atoms with Crippen molar-refractivity contribution in [1.29, 1.82) is 0 Å². The van der Waals surface area contributed by atoms with Gasteiger partial charge in [-0.1, -0.05) is 19.4 Å². The summed E-state index contributed by atoms with van der Waals surface area (Å²) in [7, 11) is 0. The molecule has 2 aliphatic heterocycles. The van der Waals surface area contributed by atoms with E-state index < -0.39 is 0 Å². The van der Waals surface area contributed by atoms with Crippen LogP contribution in [0.2, 0.25) is 0 Å². The molecule has 0 amide bonds. The van der Waals surface area contributed by atoms with Crippen LogP contribution in [-0.4, -0.2) is 36.6 Å². The summed E-state index contributed by atoms with van der Waals surface area (Å²) in [4.78, 5) is 5.12. The van der Waals surface area contributed by atoms with Crippen molar-refractivity contribution in [3.05, 3.63) is 29.6 Å². The molecule has 3 heteroatoms. The van der Waals surface area contributed by atoms with Crippen LogP contribution in [0.1, 0.15) is 38.2 Å². The topological polar surface area (TPSA) is 6.48 Å². The number of benzene rings is 1. The molecule has 110 valence electrons. The van der Waals surface area contributed by atoms with Gasteiger partial charge in [0.25, 0.3) is 0 Å². The minimum Gasteiger partial charge on any atom is -0.365 e. The lowest BCUT2D eigenvalue weighted by molar-refractivity contribution is 0.111. The second kappa shape index (κ2) is 5.72. The molecule has 2 saturated heterocycles. The summed E-state index contributed by atoms with van der Waals surface area (Å²) >= 11 is 0. The summed E-state index contributed by atoms with van der Waals surface area (Å²) in [6.45, 7) is 7.60. The minimum atomic E-state index is -0.0802. The first-order chi connectivity index (χ1) is 9.70. The summed E-state index contributed by atoms with van der Waals surface area (Å²) < 4.78 is 13.9. The fraction of sp³-hybridized carbons (Fsp3) is 0.647. The molecule has 2 heterocycles. The molecule has 0 bridgehead atoms. The maximum absolute atomic E-state index is 13.9. The summed E-state index contributed by atoms with van der Waals surface area (Å²) in [5, 5.41) is 0. The van der Waals surface area contributed by atoms with Gasteiger partial charge in [-0.15, -0.1) is 0 Å². The zero-order valence-electron chi connectivity index (χ0n) is 12.6. The van der Waals surface area contributed by atoms with Crippen LogP contribution in [0.15, 0.2) is 18.2 Å². The van der Waals surface area contributed by atoms with E-state index >= 15 is 0 Å². The van der Waals surface area contributed by atoms with Crippen molar-refractivity contribution >= 4 is 5.69 Å². The molecule has 1 aromatic rings. The number of anilines is 1. The molecule has 2 aliphatic rings. The molecule has 1 aromatic carbocycles. The number of hydrogen-bond acceptors (Lipinski definition) is 2. The number of piperazine rings is 1. The van der Waals surface area contributed by atoms with E-state index in [0.717, 1.165) is 30.8 Å². The Morgan fingerprint density at radius 2 is 2.10 bits per heavy atom. The van der Waals surface area contributed by atoms with Gasteiger partial charge in [-0.2, -0.15) is 0 Å². The van der Waals surface area contributed by atoms with Gasteiger partial charge in [0.15, 0.2) is 0 Å². The summed E-state index contributed by atoms with van der Waals surface area (Å²) in [6.07, 6.45) is 5.10. The van der Waals surface area contributed by atoms with Gasteiger partial charge in [0, 0.05) is 36.4 Å². The lowest BCUT2D eigenvalue weighted by atomic mass is 9.94. The van der Waals surface area contributed by atoms with E-state index in [4.69, 9.17) is 0 Å². The van der Waals surface area contributed by atoms with E-state index in [9.17, 15) is 4.39 Å². The van der Waals surface area contributed by atoms with E-state index in [1.165, 1.54) is 25.8 Å². The number of piperidine rings is 1. The number of halogens is 1. The van der Waals surface area contributed by atoms with Crippen LogP contribution in [-0.2, 0) is 0 Å². The third-order valence-corrected chi connectivity index (χ3v) is 5.06. The molecule has 3 rings (SSSR count). The monoisotopic (exact) mass is 276 g/mol. The standard InChI is InChI=1S/C17H25FN2/c1-3-14-11-19-10-5-4-7-15(19)12-20(14)17-9-6-8-16(18)13(17)2/h6,8-9,14-15H,3-5,7,10-12H2,1-2H3. The minimum absolute atomic E-state index is 0.0802. The number of hydrogen-bond donors (Lipinski definition) is 0. The van der Waals surface area contributed by atoms with Crippen LogP contribution >= 0.6 is 0 Å². The second-order valence-electron chi connectivity index (χ2n) is 6.24. The van der Waals surface area contributed by atoms with Crippen molar-refractivity contribution in [3.8, 4) is 0 Å². The quantitative estimate of drug-likeness (QED) is 0.814. The zero-order valence-corrected chi connectivity index (χ0v) is 12.6. The first-order valence-corrected chi connectivity index (χ1v) is 7.96. The van der Waals surface area contributed by atoms with Crippen LogP contribution in [0.5, 0.6) is 0 Å². The Balaban J connectivity index is 1.88. The molecule has 2 fully saturated rings. The van der Waals surface area contributed by atoms with Gasteiger partial charge >= 0.3 is 0 Å². The Bertz CT molecular complexity index is 474. The Morgan fingerprint density at radius 1 is 1.25 bits per heavy atom. The molecular weight excluding hydrogens is 251 g/mol.